The van der Waals surface area contributed by atoms with E-state index in [1.165, 1.54) is 6.07 Å². The Hall–Kier alpha value is -1.91. The van der Waals surface area contributed by atoms with Crippen LogP contribution in [0.4, 0.5) is 10.5 Å². The highest BCUT2D eigenvalue weighted by Crippen LogP contribution is 2.18. The van der Waals surface area contributed by atoms with Crippen molar-refractivity contribution in [3.05, 3.63) is 34.7 Å². The lowest BCUT2D eigenvalue weighted by atomic mass is 10.2. The Kier molecular flexibility index (Phi) is 2.59. The van der Waals surface area contributed by atoms with Gasteiger partial charge in [-0.15, -0.1) is 4.91 Å². The van der Waals surface area contributed by atoms with Gasteiger partial charge in [0.15, 0.2) is 6.09 Å². The number of para-hydroxylation sites is 1. The number of hydrogen-bond donors (Lipinski definition) is 0. The van der Waals surface area contributed by atoms with Crippen molar-refractivity contribution in [3.63, 3.8) is 0 Å². The average Bonchev–Trinajstić information content (AvgIpc) is 2.09. The maximum Gasteiger partial charge on any atom is 0.167 e. The summed E-state index contributed by atoms with van der Waals surface area (Å²) in [6, 6.07) is 6.50. The second-order valence-corrected chi connectivity index (χ2v) is 2.45. The Labute approximate surface area is 74.5 Å². The van der Waals surface area contributed by atoms with E-state index in [1.54, 1.807) is 25.1 Å². The Morgan fingerprint density at radius 3 is 2.54 bits per heavy atom. The van der Waals surface area contributed by atoms with Gasteiger partial charge in [-0.3, -0.25) is 0 Å². The smallest absolute Gasteiger partial charge is 0.167 e. The van der Waals surface area contributed by atoms with Crippen LogP contribution in [0.3, 0.4) is 0 Å². The van der Waals surface area contributed by atoms with E-state index in [-0.39, 0.29) is 10.7 Å². The van der Waals surface area contributed by atoms with Gasteiger partial charge >= 0.3 is 0 Å². The van der Waals surface area contributed by atoms with Gasteiger partial charge in [0.1, 0.15) is 0 Å². The predicted octanol–water partition coefficient (Wildman–Crippen LogP) is 0.826. The fraction of sp³-hybridized carbons (Fsp3) is 0.125. The molecule has 0 saturated heterocycles. The number of aryl methyl sites for hydroxylation is 1. The van der Waals surface area contributed by atoms with Gasteiger partial charge in [-0.2, -0.15) is 5.01 Å². The molecule has 13 heavy (non-hydrogen) atoms. The van der Waals surface area contributed by atoms with E-state index in [1.807, 2.05) is 0 Å². The molecule has 0 aliphatic rings. The van der Waals surface area contributed by atoms with Crippen LogP contribution in [0, 0.1) is 11.8 Å². The van der Waals surface area contributed by atoms with Gasteiger partial charge in [0.05, 0.1) is 11.0 Å². The normalized spacial score (nSPS) is 9.31. The number of nitrogens with zero attached hydrogens (tertiary/aromatic N) is 2. The van der Waals surface area contributed by atoms with Crippen molar-refractivity contribution in [1.29, 1.82) is 0 Å². The van der Waals surface area contributed by atoms with Gasteiger partial charge in [0, 0.05) is 0 Å². The summed E-state index contributed by atoms with van der Waals surface area (Å²) in [6.07, 6.45) is -1.63. The highest BCUT2D eigenvalue weighted by molar-refractivity contribution is 5.84. The monoisotopic (exact) mass is 179 g/mol. The molecule has 0 spiro atoms. The third kappa shape index (κ3) is 1.81. The van der Waals surface area contributed by atoms with Crippen LogP contribution in [-0.2, 0) is 0 Å². The second-order valence-electron chi connectivity index (χ2n) is 2.45. The van der Waals surface area contributed by atoms with Crippen LogP contribution in [0.1, 0.15) is 5.56 Å². The Morgan fingerprint density at radius 1 is 1.46 bits per heavy atom. The Balaban J connectivity index is 3.12. The van der Waals surface area contributed by atoms with E-state index in [0.29, 0.717) is 5.56 Å². The number of carbonyl (C=O) groups excluding carboxylic acids is 1. The van der Waals surface area contributed by atoms with Gasteiger partial charge in [-0.05, 0) is 18.6 Å². The molecule has 0 N–H and O–H groups in total. The van der Waals surface area contributed by atoms with E-state index < -0.39 is 6.09 Å². The fourth-order valence-corrected chi connectivity index (χ4v) is 0.977. The van der Waals surface area contributed by atoms with Crippen LogP contribution < -0.4 is 10.1 Å². The third-order valence-electron chi connectivity index (χ3n) is 1.60. The fourth-order valence-electron chi connectivity index (χ4n) is 0.977. The number of anilines is 1. The lowest BCUT2D eigenvalue weighted by Crippen LogP contribution is -2.37. The quantitative estimate of drug-likeness (QED) is 0.498. The van der Waals surface area contributed by atoms with Crippen LogP contribution in [0.15, 0.2) is 29.6 Å². The van der Waals surface area contributed by atoms with Crippen molar-refractivity contribution < 1.29 is 9.90 Å². The highest BCUT2D eigenvalue weighted by Gasteiger charge is 2.09. The van der Waals surface area contributed by atoms with Crippen LogP contribution in [0.5, 0.6) is 0 Å². The molecule has 0 saturated carbocycles. The first-order chi connectivity index (χ1) is 6.16. The topological polar surface area (TPSA) is 72.8 Å². The van der Waals surface area contributed by atoms with Crippen molar-refractivity contribution in [2.24, 2.45) is 5.29 Å². The molecule has 1 rings (SSSR count). The molecule has 1 aromatic carbocycles. The van der Waals surface area contributed by atoms with Crippen molar-refractivity contribution >= 4 is 11.8 Å². The molecule has 68 valence electrons. The SMILES string of the molecule is Cc1ccccc1N(N=O)C(=O)[O-]. The number of hydrogen-bond acceptors (Lipinski definition) is 4. The molecule has 0 fully saturated rings. The summed E-state index contributed by atoms with van der Waals surface area (Å²) in [5, 5.41) is 13.0. The predicted molar refractivity (Wildman–Crippen MR) is 44.8 cm³/mol. The second kappa shape index (κ2) is 3.66. The molecule has 0 aliphatic carbocycles. The first-order valence-electron chi connectivity index (χ1n) is 3.57. The maximum absolute atomic E-state index is 10.4. The van der Waals surface area contributed by atoms with Crippen molar-refractivity contribution in [2.75, 3.05) is 5.01 Å². The first kappa shape index (κ1) is 9.18. The van der Waals surface area contributed by atoms with Gasteiger partial charge < -0.3 is 9.90 Å². The lowest BCUT2D eigenvalue weighted by molar-refractivity contribution is -0.246. The van der Waals surface area contributed by atoms with E-state index >= 15 is 0 Å². The van der Waals surface area contributed by atoms with Crippen LogP contribution >= 0.6 is 0 Å². The van der Waals surface area contributed by atoms with Gasteiger partial charge in [0.2, 0.25) is 0 Å². The molecule has 0 aromatic heterocycles. The molecule has 0 unspecified atom stereocenters. The molecule has 0 radical (unpaired) electrons. The average molecular weight is 179 g/mol. The molecule has 0 heterocycles. The van der Waals surface area contributed by atoms with Crippen molar-refractivity contribution in [1.82, 2.24) is 0 Å². The summed E-state index contributed by atoms with van der Waals surface area (Å²) in [7, 11) is 0. The maximum atomic E-state index is 10.4. The summed E-state index contributed by atoms with van der Waals surface area (Å²) in [5.74, 6) is 0. The summed E-state index contributed by atoms with van der Waals surface area (Å²) in [5.41, 5.74) is 0.865. The number of benzene rings is 1. The van der Waals surface area contributed by atoms with Crippen LogP contribution in [0.2, 0.25) is 0 Å². The van der Waals surface area contributed by atoms with E-state index in [4.69, 9.17) is 0 Å². The summed E-state index contributed by atoms with van der Waals surface area (Å²) < 4.78 is 0. The summed E-state index contributed by atoms with van der Waals surface area (Å²) >= 11 is 0. The van der Waals surface area contributed by atoms with Crippen LogP contribution in [0.25, 0.3) is 0 Å². The number of rotatable bonds is 2. The molecular formula is C8H7N2O3-. The lowest BCUT2D eigenvalue weighted by Gasteiger charge is -2.16. The van der Waals surface area contributed by atoms with Gasteiger partial charge in [-0.25, -0.2) is 0 Å². The van der Waals surface area contributed by atoms with Gasteiger partial charge in [-0.1, -0.05) is 18.2 Å². The third-order valence-corrected chi connectivity index (χ3v) is 1.60. The standard InChI is InChI=1S/C8H8N2O3/c1-6-4-2-3-5-7(6)10(9-13)8(11)12/h2-5H,1H3,(H,11,12)/p-1. The Morgan fingerprint density at radius 2 is 2.08 bits per heavy atom. The number of carboxylic acid groups (broad SMARTS) is 1. The molecule has 0 bridgehead atoms. The van der Waals surface area contributed by atoms with E-state index in [9.17, 15) is 14.8 Å². The minimum absolute atomic E-state index is 0.220. The zero-order valence-electron chi connectivity index (χ0n) is 6.93. The van der Waals surface area contributed by atoms with Gasteiger partial charge in [0.25, 0.3) is 0 Å². The largest absolute Gasteiger partial charge is 0.528 e. The molecule has 0 atom stereocenters. The Bertz CT molecular complexity index is 338. The molecule has 0 aliphatic heterocycles. The number of amides is 1. The zero-order chi connectivity index (χ0) is 9.84. The minimum atomic E-state index is -1.63. The first-order valence-corrected chi connectivity index (χ1v) is 3.57. The van der Waals surface area contributed by atoms with Crippen molar-refractivity contribution in [3.8, 4) is 0 Å². The zero-order valence-corrected chi connectivity index (χ0v) is 6.93. The van der Waals surface area contributed by atoms with E-state index in [2.05, 4.69) is 5.29 Å². The summed E-state index contributed by atoms with van der Waals surface area (Å²) in [6.45, 7) is 1.68. The van der Waals surface area contributed by atoms with Crippen LogP contribution in [-0.4, -0.2) is 6.09 Å². The highest BCUT2D eigenvalue weighted by atomic mass is 16.4. The molecule has 1 amide bonds. The molecule has 5 heteroatoms. The number of carbonyl (C=O) groups is 1. The number of nitroso groups, excluding NO2 is 1. The minimum Gasteiger partial charge on any atom is -0.528 e. The molecule has 1 aromatic rings. The molecular weight excluding hydrogens is 172 g/mol. The molecule has 5 nitrogen and oxygen atoms in total. The van der Waals surface area contributed by atoms with E-state index in [0.717, 1.165) is 0 Å². The summed E-state index contributed by atoms with van der Waals surface area (Å²) in [4.78, 5) is 20.6. The van der Waals surface area contributed by atoms with Crippen molar-refractivity contribution in [2.45, 2.75) is 6.92 Å².